The topological polar surface area (TPSA) is 97.8 Å². The van der Waals surface area contributed by atoms with Gasteiger partial charge in [0, 0.05) is 18.4 Å². The molecule has 0 atom stereocenters. The van der Waals surface area contributed by atoms with E-state index in [-0.39, 0.29) is 17.1 Å². The molecule has 1 fully saturated rings. The Kier molecular flexibility index (Phi) is 6.06. The van der Waals surface area contributed by atoms with Crippen LogP contribution in [0.5, 0.6) is 16.6 Å². The standard InChI is InChI=1S/C17H14BrN3O5S2/c1-8(22)20-16-19-7-14(28-16)26-12-6-10(18)9(4-11(12)25-3)5-13-15(23)21(2)17(24)27-13/h4-7H,1-3H3,(H,19,20,22)/b13-5-. The van der Waals surface area contributed by atoms with E-state index in [1.807, 2.05) is 0 Å². The van der Waals surface area contributed by atoms with Gasteiger partial charge in [-0.15, -0.1) is 0 Å². The lowest BCUT2D eigenvalue weighted by molar-refractivity contribution is -0.121. The van der Waals surface area contributed by atoms with Crippen molar-refractivity contribution in [3.8, 4) is 16.6 Å². The smallest absolute Gasteiger partial charge is 0.293 e. The number of aromatic nitrogens is 1. The van der Waals surface area contributed by atoms with Crippen molar-refractivity contribution in [1.82, 2.24) is 9.88 Å². The third kappa shape index (κ3) is 4.37. The normalized spacial score (nSPS) is 15.3. The molecule has 3 rings (SSSR count). The molecule has 0 bridgehead atoms. The van der Waals surface area contributed by atoms with Gasteiger partial charge in [-0.25, -0.2) is 4.98 Å². The van der Waals surface area contributed by atoms with Crippen LogP contribution in [-0.4, -0.2) is 41.1 Å². The molecular formula is C17H14BrN3O5S2. The van der Waals surface area contributed by atoms with Gasteiger partial charge >= 0.3 is 0 Å². The van der Waals surface area contributed by atoms with Gasteiger partial charge in [0.25, 0.3) is 11.1 Å². The summed E-state index contributed by atoms with van der Waals surface area (Å²) < 4.78 is 11.9. The first-order chi connectivity index (χ1) is 13.3. The predicted octanol–water partition coefficient (Wildman–Crippen LogP) is 4.33. The Morgan fingerprint density at radius 3 is 2.68 bits per heavy atom. The molecule has 1 aromatic heterocycles. The van der Waals surface area contributed by atoms with Crippen LogP contribution in [0.2, 0.25) is 0 Å². The lowest BCUT2D eigenvalue weighted by atomic mass is 10.2. The Balaban J connectivity index is 1.88. The predicted molar refractivity (Wildman–Crippen MR) is 111 cm³/mol. The van der Waals surface area contributed by atoms with E-state index in [1.54, 1.807) is 18.2 Å². The summed E-state index contributed by atoms with van der Waals surface area (Å²) in [5.41, 5.74) is 0.659. The van der Waals surface area contributed by atoms with Crippen molar-refractivity contribution in [2.24, 2.45) is 0 Å². The van der Waals surface area contributed by atoms with Crippen LogP contribution < -0.4 is 14.8 Å². The third-order valence-corrected chi connectivity index (χ3v) is 5.97. The molecule has 1 aromatic carbocycles. The number of thiazole rings is 1. The molecule has 1 aliphatic heterocycles. The summed E-state index contributed by atoms with van der Waals surface area (Å²) in [7, 11) is 2.94. The molecule has 2 heterocycles. The number of carbonyl (C=O) groups is 3. The van der Waals surface area contributed by atoms with Crippen LogP contribution in [0.4, 0.5) is 9.93 Å². The fourth-order valence-electron chi connectivity index (χ4n) is 2.21. The van der Waals surface area contributed by atoms with Gasteiger partial charge in [-0.2, -0.15) is 0 Å². The maximum absolute atomic E-state index is 12.1. The second kappa shape index (κ2) is 8.33. The van der Waals surface area contributed by atoms with Crippen LogP contribution in [-0.2, 0) is 9.59 Å². The SMILES string of the molecule is COc1cc(/C=C2\SC(=O)N(C)C2=O)c(Br)cc1Oc1cnc(NC(C)=O)s1. The molecule has 0 saturated carbocycles. The molecule has 1 N–H and O–H groups in total. The summed E-state index contributed by atoms with van der Waals surface area (Å²) in [5.74, 6) is 0.284. The zero-order chi connectivity index (χ0) is 20.4. The molecule has 2 aromatic rings. The minimum absolute atomic E-state index is 0.220. The molecule has 0 radical (unpaired) electrons. The number of hydrogen-bond donors (Lipinski definition) is 1. The number of methoxy groups -OCH3 is 1. The quantitative estimate of drug-likeness (QED) is 0.631. The molecule has 8 nitrogen and oxygen atoms in total. The van der Waals surface area contributed by atoms with Crippen LogP contribution in [0.15, 0.2) is 27.7 Å². The molecule has 11 heteroatoms. The number of nitrogens with zero attached hydrogens (tertiary/aromatic N) is 2. The van der Waals surface area contributed by atoms with E-state index in [4.69, 9.17) is 9.47 Å². The summed E-state index contributed by atoms with van der Waals surface area (Å²) in [6.45, 7) is 1.40. The van der Waals surface area contributed by atoms with Crippen LogP contribution in [0.25, 0.3) is 6.08 Å². The number of amides is 3. The van der Waals surface area contributed by atoms with E-state index in [1.165, 1.54) is 38.6 Å². The van der Waals surface area contributed by atoms with Crippen LogP contribution in [0, 0.1) is 0 Å². The Morgan fingerprint density at radius 1 is 1.32 bits per heavy atom. The van der Waals surface area contributed by atoms with Gasteiger partial charge in [0.15, 0.2) is 16.6 Å². The first-order valence-corrected chi connectivity index (χ1v) is 10.2. The van der Waals surface area contributed by atoms with Gasteiger partial charge < -0.3 is 14.8 Å². The van der Waals surface area contributed by atoms with Crippen molar-refractivity contribution in [2.75, 3.05) is 19.5 Å². The highest BCUT2D eigenvalue weighted by atomic mass is 79.9. The maximum Gasteiger partial charge on any atom is 0.293 e. The van der Waals surface area contributed by atoms with Crippen molar-refractivity contribution in [3.63, 3.8) is 0 Å². The highest BCUT2D eigenvalue weighted by Gasteiger charge is 2.32. The zero-order valence-electron chi connectivity index (χ0n) is 14.9. The van der Waals surface area contributed by atoms with Crippen molar-refractivity contribution in [2.45, 2.75) is 6.92 Å². The number of benzene rings is 1. The molecule has 1 saturated heterocycles. The van der Waals surface area contributed by atoms with Crippen molar-refractivity contribution in [1.29, 1.82) is 0 Å². The summed E-state index contributed by atoms with van der Waals surface area (Å²) in [4.78, 5) is 40.3. The molecule has 0 unspecified atom stereocenters. The Labute approximate surface area is 177 Å². The average molecular weight is 484 g/mol. The molecule has 146 valence electrons. The number of thioether (sulfide) groups is 1. The first kappa shape index (κ1) is 20.4. The fraction of sp³-hybridized carbons (Fsp3) is 0.176. The summed E-state index contributed by atoms with van der Waals surface area (Å²) >= 11 is 5.50. The maximum atomic E-state index is 12.1. The molecular weight excluding hydrogens is 470 g/mol. The lowest BCUT2D eigenvalue weighted by Gasteiger charge is -2.11. The van der Waals surface area contributed by atoms with E-state index in [0.29, 0.717) is 36.6 Å². The van der Waals surface area contributed by atoms with E-state index in [2.05, 4.69) is 26.2 Å². The number of nitrogens with one attached hydrogen (secondary N) is 1. The first-order valence-electron chi connectivity index (χ1n) is 7.79. The Hall–Kier alpha value is -2.37. The van der Waals surface area contributed by atoms with Gasteiger partial charge in [0.2, 0.25) is 11.0 Å². The molecule has 0 aliphatic carbocycles. The van der Waals surface area contributed by atoms with Crippen LogP contribution >= 0.6 is 39.0 Å². The number of ether oxygens (including phenoxy) is 2. The highest BCUT2D eigenvalue weighted by molar-refractivity contribution is 9.10. The second-order valence-corrected chi connectivity index (χ2v) is 8.37. The van der Waals surface area contributed by atoms with Gasteiger partial charge in [0.1, 0.15) is 0 Å². The van der Waals surface area contributed by atoms with Crippen molar-refractivity contribution < 1.29 is 23.9 Å². The summed E-state index contributed by atoms with van der Waals surface area (Å²) in [6.07, 6.45) is 3.11. The van der Waals surface area contributed by atoms with Crippen LogP contribution in [0.3, 0.4) is 0 Å². The van der Waals surface area contributed by atoms with Gasteiger partial charge in [-0.1, -0.05) is 27.3 Å². The second-order valence-electron chi connectivity index (χ2n) is 5.53. The molecule has 1 aliphatic rings. The van der Waals surface area contributed by atoms with Crippen LogP contribution in [0.1, 0.15) is 12.5 Å². The number of halogens is 1. The molecule has 28 heavy (non-hydrogen) atoms. The third-order valence-electron chi connectivity index (χ3n) is 3.53. The van der Waals surface area contributed by atoms with Crippen molar-refractivity contribution in [3.05, 3.63) is 33.3 Å². The molecule has 0 spiro atoms. The average Bonchev–Trinajstić information content (AvgIpc) is 3.16. The number of hydrogen-bond acceptors (Lipinski definition) is 8. The number of likely N-dealkylation sites (N-methyl/N-ethyl adjacent to an activating group) is 1. The summed E-state index contributed by atoms with van der Waals surface area (Å²) in [5, 5.41) is 3.16. The summed E-state index contributed by atoms with van der Waals surface area (Å²) in [6, 6.07) is 3.39. The number of carbonyl (C=O) groups excluding carboxylic acids is 3. The van der Waals surface area contributed by atoms with E-state index < -0.39 is 0 Å². The minimum Gasteiger partial charge on any atom is -0.493 e. The van der Waals surface area contributed by atoms with Gasteiger partial charge in [-0.3, -0.25) is 19.3 Å². The number of imide groups is 1. The largest absolute Gasteiger partial charge is 0.493 e. The molecule has 3 amide bonds. The zero-order valence-corrected chi connectivity index (χ0v) is 18.2. The monoisotopic (exact) mass is 483 g/mol. The fourth-order valence-corrected chi connectivity index (χ4v) is 4.19. The van der Waals surface area contributed by atoms with E-state index in [9.17, 15) is 14.4 Å². The number of rotatable bonds is 5. The Bertz CT molecular complexity index is 1000. The van der Waals surface area contributed by atoms with Gasteiger partial charge in [-0.05, 0) is 35.5 Å². The van der Waals surface area contributed by atoms with E-state index in [0.717, 1.165) is 16.7 Å². The Morgan fingerprint density at radius 2 is 2.07 bits per heavy atom. The van der Waals surface area contributed by atoms with Crippen molar-refractivity contribution >= 4 is 67.3 Å². The van der Waals surface area contributed by atoms with E-state index >= 15 is 0 Å². The highest BCUT2D eigenvalue weighted by Crippen LogP contribution is 2.40. The minimum atomic E-state index is -0.351. The lowest BCUT2D eigenvalue weighted by Crippen LogP contribution is -2.22. The van der Waals surface area contributed by atoms with Gasteiger partial charge in [0.05, 0.1) is 18.2 Å². The number of anilines is 1.